The molecule has 29 heavy (non-hydrogen) atoms. The van der Waals surface area contributed by atoms with Gasteiger partial charge in [-0.3, -0.25) is 4.98 Å². The predicted octanol–water partition coefficient (Wildman–Crippen LogP) is 6.86. The van der Waals surface area contributed by atoms with Gasteiger partial charge in [0, 0.05) is 28.7 Å². The van der Waals surface area contributed by atoms with E-state index in [4.69, 9.17) is 4.42 Å². The molecule has 3 aromatic heterocycles. The number of hydrogen-bond donors (Lipinski definition) is 0. The zero-order chi connectivity index (χ0) is 19.2. The maximum absolute atomic E-state index is 6.24. The summed E-state index contributed by atoms with van der Waals surface area (Å²) in [4.78, 5) is 9.20. The maximum atomic E-state index is 6.24. The SMILES string of the molecule is c1ccc(-c2ccnc(-c3cccc4c3oc3ncc5ccccc5c34)c2)cc1. The predicted molar refractivity (Wildman–Crippen MR) is 118 cm³/mol. The van der Waals surface area contributed by atoms with Crippen LogP contribution in [0.4, 0.5) is 0 Å². The molecule has 3 aromatic carbocycles. The van der Waals surface area contributed by atoms with Crippen molar-refractivity contribution in [2.24, 2.45) is 0 Å². The van der Waals surface area contributed by atoms with E-state index in [-0.39, 0.29) is 0 Å². The van der Waals surface area contributed by atoms with E-state index in [9.17, 15) is 0 Å². The van der Waals surface area contributed by atoms with Crippen molar-refractivity contribution >= 4 is 32.8 Å². The Balaban J connectivity index is 1.62. The van der Waals surface area contributed by atoms with Crippen LogP contribution in [0.1, 0.15) is 0 Å². The van der Waals surface area contributed by atoms with Crippen LogP contribution in [-0.4, -0.2) is 9.97 Å². The lowest BCUT2D eigenvalue weighted by Crippen LogP contribution is -1.86. The zero-order valence-electron chi connectivity index (χ0n) is 15.5. The summed E-state index contributed by atoms with van der Waals surface area (Å²) in [6.45, 7) is 0. The number of hydrogen-bond acceptors (Lipinski definition) is 3. The molecule has 0 aliphatic rings. The number of fused-ring (bicyclic) bond motifs is 5. The lowest BCUT2D eigenvalue weighted by molar-refractivity contribution is 0.655. The second kappa shape index (κ2) is 6.28. The van der Waals surface area contributed by atoms with Crippen molar-refractivity contribution in [2.45, 2.75) is 0 Å². The molecule has 0 aliphatic carbocycles. The molecular weight excluding hydrogens is 356 g/mol. The fourth-order valence-corrected chi connectivity index (χ4v) is 4.01. The van der Waals surface area contributed by atoms with E-state index >= 15 is 0 Å². The Morgan fingerprint density at radius 2 is 1.48 bits per heavy atom. The first-order valence-electron chi connectivity index (χ1n) is 9.59. The highest BCUT2D eigenvalue weighted by Gasteiger charge is 2.16. The van der Waals surface area contributed by atoms with Crippen LogP contribution in [0.15, 0.2) is 102 Å². The molecule has 3 heterocycles. The van der Waals surface area contributed by atoms with Crippen LogP contribution >= 0.6 is 0 Å². The standard InChI is InChI=1S/C26H16N2O/c1-2-7-17(8-3-1)18-13-14-27-23(15-18)21-11-6-12-22-24-20-10-5-4-9-19(20)16-28-26(24)29-25(21)22/h1-16H. The largest absolute Gasteiger partial charge is 0.437 e. The number of furan rings is 1. The van der Waals surface area contributed by atoms with E-state index in [1.807, 2.05) is 42.7 Å². The van der Waals surface area contributed by atoms with Gasteiger partial charge in [0.25, 0.3) is 0 Å². The summed E-state index contributed by atoms with van der Waals surface area (Å²) in [7, 11) is 0. The highest BCUT2D eigenvalue weighted by atomic mass is 16.3. The number of benzene rings is 3. The first kappa shape index (κ1) is 16.0. The van der Waals surface area contributed by atoms with Crippen LogP contribution < -0.4 is 0 Å². The summed E-state index contributed by atoms with van der Waals surface area (Å²) in [6, 6.07) is 29.0. The van der Waals surface area contributed by atoms with Gasteiger partial charge in [0.15, 0.2) is 0 Å². The summed E-state index contributed by atoms with van der Waals surface area (Å²) in [5, 5.41) is 4.38. The second-order valence-electron chi connectivity index (χ2n) is 7.11. The van der Waals surface area contributed by atoms with Crippen LogP contribution in [0.5, 0.6) is 0 Å². The smallest absolute Gasteiger partial charge is 0.227 e. The maximum Gasteiger partial charge on any atom is 0.227 e. The van der Waals surface area contributed by atoms with Crippen molar-refractivity contribution in [1.82, 2.24) is 9.97 Å². The summed E-state index contributed by atoms with van der Waals surface area (Å²) in [5.41, 5.74) is 5.64. The molecule has 0 atom stereocenters. The third kappa shape index (κ3) is 2.52. The summed E-state index contributed by atoms with van der Waals surface area (Å²) in [5.74, 6) is 0. The van der Waals surface area contributed by atoms with Gasteiger partial charge in [-0.05, 0) is 34.7 Å². The summed E-state index contributed by atoms with van der Waals surface area (Å²) in [6.07, 6.45) is 3.72. The van der Waals surface area contributed by atoms with Crippen molar-refractivity contribution < 1.29 is 4.42 Å². The van der Waals surface area contributed by atoms with E-state index in [2.05, 4.69) is 64.6 Å². The molecule has 0 spiro atoms. The molecule has 3 heteroatoms. The van der Waals surface area contributed by atoms with E-state index in [1.54, 1.807) is 0 Å². The summed E-state index contributed by atoms with van der Waals surface area (Å²) < 4.78 is 6.24. The van der Waals surface area contributed by atoms with Crippen LogP contribution in [-0.2, 0) is 0 Å². The molecular formula is C26H16N2O. The van der Waals surface area contributed by atoms with Crippen LogP contribution in [0.2, 0.25) is 0 Å². The molecule has 0 saturated carbocycles. The van der Waals surface area contributed by atoms with Gasteiger partial charge in [-0.1, -0.05) is 66.7 Å². The molecule has 0 radical (unpaired) electrons. The Kier molecular flexibility index (Phi) is 3.47. The van der Waals surface area contributed by atoms with Gasteiger partial charge in [-0.2, -0.15) is 0 Å². The molecule has 0 aliphatic heterocycles. The Labute approximate surface area is 167 Å². The first-order chi connectivity index (χ1) is 14.4. The lowest BCUT2D eigenvalue weighted by atomic mass is 10.0. The Bertz CT molecular complexity index is 1500. The molecule has 136 valence electrons. The average Bonchev–Trinajstić information content (AvgIpc) is 3.19. The normalized spacial score (nSPS) is 11.4. The van der Waals surface area contributed by atoms with Crippen molar-refractivity contribution in [3.8, 4) is 22.4 Å². The molecule has 0 amide bonds. The minimum atomic E-state index is 0.658. The third-order valence-electron chi connectivity index (χ3n) is 5.39. The van der Waals surface area contributed by atoms with Gasteiger partial charge >= 0.3 is 0 Å². The minimum Gasteiger partial charge on any atom is -0.437 e. The average molecular weight is 372 g/mol. The molecule has 0 unspecified atom stereocenters. The van der Waals surface area contributed by atoms with E-state index in [1.165, 1.54) is 5.56 Å². The van der Waals surface area contributed by atoms with Gasteiger partial charge in [-0.15, -0.1) is 0 Å². The first-order valence-corrected chi connectivity index (χ1v) is 9.59. The molecule has 6 rings (SSSR count). The summed E-state index contributed by atoms with van der Waals surface area (Å²) >= 11 is 0. The monoisotopic (exact) mass is 372 g/mol. The van der Waals surface area contributed by atoms with Crippen LogP contribution in [0.3, 0.4) is 0 Å². The van der Waals surface area contributed by atoms with Crippen molar-refractivity contribution in [2.75, 3.05) is 0 Å². The van der Waals surface area contributed by atoms with E-state index in [0.717, 1.165) is 43.9 Å². The fraction of sp³-hybridized carbons (Fsp3) is 0. The van der Waals surface area contributed by atoms with Gasteiger partial charge < -0.3 is 4.42 Å². The number of nitrogens with zero attached hydrogens (tertiary/aromatic N) is 2. The lowest BCUT2D eigenvalue weighted by Gasteiger charge is -2.06. The third-order valence-corrected chi connectivity index (χ3v) is 5.39. The number of aromatic nitrogens is 2. The quantitative estimate of drug-likeness (QED) is 0.333. The minimum absolute atomic E-state index is 0.658. The molecule has 0 fully saturated rings. The molecule has 0 N–H and O–H groups in total. The Hall–Kier alpha value is -3.98. The van der Waals surface area contributed by atoms with Gasteiger partial charge in [0.1, 0.15) is 5.58 Å². The van der Waals surface area contributed by atoms with Crippen LogP contribution in [0, 0.1) is 0 Å². The highest BCUT2D eigenvalue weighted by Crippen LogP contribution is 2.38. The molecule has 3 nitrogen and oxygen atoms in total. The van der Waals surface area contributed by atoms with Crippen molar-refractivity contribution in [3.63, 3.8) is 0 Å². The van der Waals surface area contributed by atoms with Crippen molar-refractivity contribution in [1.29, 1.82) is 0 Å². The van der Waals surface area contributed by atoms with Gasteiger partial charge in [0.05, 0.1) is 11.1 Å². The van der Waals surface area contributed by atoms with Gasteiger partial charge in [-0.25, -0.2) is 4.98 Å². The van der Waals surface area contributed by atoms with Crippen LogP contribution in [0.25, 0.3) is 55.2 Å². The molecule has 0 bridgehead atoms. The number of rotatable bonds is 2. The Morgan fingerprint density at radius 1 is 0.655 bits per heavy atom. The van der Waals surface area contributed by atoms with E-state index < -0.39 is 0 Å². The van der Waals surface area contributed by atoms with Crippen molar-refractivity contribution in [3.05, 3.63) is 97.3 Å². The molecule has 6 aromatic rings. The Morgan fingerprint density at radius 3 is 2.41 bits per heavy atom. The van der Waals surface area contributed by atoms with E-state index in [0.29, 0.717) is 5.71 Å². The topological polar surface area (TPSA) is 38.9 Å². The molecule has 0 saturated heterocycles. The number of pyridine rings is 2. The highest BCUT2D eigenvalue weighted by molar-refractivity contribution is 6.19. The fourth-order valence-electron chi connectivity index (χ4n) is 4.01. The second-order valence-corrected chi connectivity index (χ2v) is 7.11. The zero-order valence-corrected chi connectivity index (χ0v) is 15.5. The van der Waals surface area contributed by atoms with Gasteiger partial charge in [0.2, 0.25) is 5.71 Å². The number of para-hydroxylation sites is 1.